The molecule has 2 saturated carbocycles. The van der Waals surface area contributed by atoms with Crippen molar-refractivity contribution in [1.82, 2.24) is 0 Å². The molecule has 25 heavy (non-hydrogen) atoms. The van der Waals surface area contributed by atoms with Gasteiger partial charge in [-0.3, -0.25) is 4.79 Å². The average Bonchev–Trinajstić information content (AvgIpc) is 2.94. The minimum Gasteiger partial charge on any atom is -0.481 e. The summed E-state index contributed by atoms with van der Waals surface area (Å²) in [6, 6.07) is 3.70. The van der Waals surface area contributed by atoms with E-state index in [1.807, 2.05) is 0 Å². The van der Waals surface area contributed by atoms with Crippen molar-refractivity contribution in [2.45, 2.75) is 103 Å². The molecule has 2 aliphatic carbocycles. The largest absolute Gasteiger partial charge is 0.481 e. The van der Waals surface area contributed by atoms with E-state index in [2.05, 4.69) is 33.8 Å². The predicted molar refractivity (Wildman–Crippen MR) is 106 cm³/mol. The molecule has 3 atom stereocenters. The molecule has 0 amide bonds. The van der Waals surface area contributed by atoms with Crippen molar-refractivity contribution in [2.24, 2.45) is 11.3 Å². The average molecular weight is 367 g/mol. The highest BCUT2D eigenvalue weighted by molar-refractivity contribution is 6.73. The zero-order valence-electron chi connectivity index (χ0n) is 16.8. The molecule has 0 aromatic carbocycles. The molecule has 0 aromatic rings. The number of fused-ring (bicyclic) bond motifs is 1. The van der Waals surface area contributed by atoms with Crippen LogP contribution in [-0.2, 0) is 9.22 Å². The van der Waals surface area contributed by atoms with Crippen LogP contribution in [0, 0.1) is 11.3 Å². The number of hydrogen-bond acceptors (Lipinski definition) is 2. The Bertz CT molecular complexity index is 475. The molecule has 0 saturated heterocycles. The lowest BCUT2D eigenvalue weighted by Crippen LogP contribution is -2.47. The molecule has 0 aromatic heterocycles. The monoisotopic (exact) mass is 366 g/mol. The van der Waals surface area contributed by atoms with E-state index >= 15 is 0 Å². The first-order chi connectivity index (χ1) is 11.9. The molecule has 0 spiro atoms. The van der Waals surface area contributed by atoms with E-state index < -0.39 is 14.3 Å². The Kier molecular flexibility index (Phi) is 7.33. The van der Waals surface area contributed by atoms with E-state index in [1.54, 1.807) is 5.57 Å². The van der Waals surface area contributed by atoms with Gasteiger partial charge in [0, 0.05) is 12.5 Å². The lowest BCUT2D eigenvalue weighted by Gasteiger charge is -2.46. The first-order valence-corrected chi connectivity index (χ1v) is 13.0. The number of unbranched alkanes of at least 4 members (excludes halogenated alkanes) is 1. The Hall–Kier alpha value is -0.613. The molecule has 2 rings (SSSR count). The Morgan fingerprint density at radius 1 is 1.28 bits per heavy atom. The van der Waals surface area contributed by atoms with Crippen molar-refractivity contribution < 1.29 is 14.3 Å². The summed E-state index contributed by atoms with van der Waals surface area (Å²) < 4.78 is 6.95. The molecule has 0 heterocycles. The SMILES string of the molecule is CC[Si](CC)(CC)OC1CCC[C@]2(C)/C(=C\CCCC(=O)O)CC[C@@H]12. The summed E-state index contributed by atoms with van der Waals surface area (Å²) >= 11 is 0. The standard InChI is InChI=1S/C21H38O3Si/c1-5-25(6-2,7-3)24-19-12-10-16-21(4)17(14-15-18(19)21)11-8-9-13-20(22)23/h11,18-19H,5-10,12-16H2,1-4H3,(H,22,23)/b17-11-/t18-,19?,21+/m0/s1. The fourth-order valence-electron chi connectivity index (χ4n) is 5.29. The van der Waals surface area contributed by atoms with Gasteiger partial charge in [-0.15, -0.1) is 0 Å². The minimum atomic E-state index is -1.55. The zero-order chi connectivity index (χ0) is 18.5. The van der Waals surface area contributed by atoms with E-state index in [9.17, 15) is 4.79 Å². The maximum Gasteiger partial charge on any atom is 0.303 e. The third-order valence-corrected chi connectivity index (χ3v) is 11.9. The van der Waals surface area contributed by atoms with E-state index in [4.69, 9.17) is 9.53 Å². The second-order valence-corrected chi connectivity index (χ2v) is 13.1. The first-order valence-electron chi connectivity index (χ1n) is 10.5. The quantitative estimate of drug-likeness (QED) is 0.302. The Balaban J connectivity index is 2.07. The van der Waals surface area contributed by atoms with Crippen LogP contribution >= 0.6 is 0 Å². The molecule has 0 radical (unpaired) electrons. The third-order valence-electron chi connectivity index (χ3n) is 7.23. The summed E-state index contributed by atoms with van der Waals surface area (Å²) in [5, 5.41) is 8.82. The lowest BCUT2D eigenvalue weighted by atomic mass is 9.66. The second kappa shape index (κ2) is 8.85. The normalized spacial score (nSPS) is 31.3. The molecule has 1 unspecified atom stereocenters. The van der Waals surface area contributed by atoms with Gasteiger partial charge in [-0.25, -0.2) is 0 Å². The van der Waals surface area contributed by atoms with Crippen LogP contribution in [-0.4, -0.2) is 25.5 Å². The number of rotatable bonds is 9. The van der Waals surface area contributed by atoms with Crippen molar-refractivity contribution in [1.29, 1.82) is 0 Å². The van der Waals surface area contributed by atoms with Gasteiger partial charge in [-0.2, -0.15) is 0 Å². The van der Waals surface area contributed by atoms with Gasteiger partial charge in [0.05, 0.1) is 0 Å². The highest BCUT2D eigenvalue weighted by Gasteiger charge is 2.50. The molecule has 2 fully saturated rings. The molecule has 144 valence electrons. The Labute approximate surface area is 155 Å². The van der Waals surface area contributed by atoms with Crippen LogP contribution in [0.5, 0.6) is 0 Å². The number of hydrogen-bond donors (Lipinski definition) is 1. The number of allylic oxidation sites excluding steroid dienone is 2. The van der Waals surface area contributed by atoms with Crippen LogP contribution in [0.1, 0.15) is 79.1 Å². The molecule has 0 aliphatic heterocycles. The van der Waals surface area contributed by atoms with Gasteiger partial charge >= 0.3 is 5.97 Å². The van der Waals surface area contributed by atoms with Gasteiger partial charge in [0.25, 0.3) is 0 Å². The minimum absolute atomic E-state index is 0.285. The van der Waals surface area contributed by atoms with Crippen LogP contribution in [0.3, 0.4) is 0 Å². The van der Waals surface area contributed by atoms with Crippen LogP contribution in [0.25, 0.3) is 0 Å². The third kappa shape index (κ3) is 4.57. The lowest BCUT2D eigenvalue weighted by molar-refractivity contribution is -0.137. The van der Waals surface area contributed by atoms with E-state index in [0.717, 1.165) is 12.8 Å². The summed E-state index contributed by atoms with van der Waals surface area (Å²) in [4.78, 5) is 10.7. The van der Waals surface area contributed by atoms with Gasteiger partial charge in [-0.1, -0.05) is 45.8 Å². The van der Waals surface area contributed by atoms with Crippen LogP contribution in [0.2, 0.25) is 18.1 Å². The smallest absolute Gasteiger partial charge is 0.303 e. The van der Waals surface area contributed by atoms with Crippen molar-refractivity contribution in [3.8, 4) is 0 Å². The summed E-state index contributed by atoms with van der Waals surface area (Å²) in [7, 11) is -1.55. The number of carbonyl (C=O) groups is 1. The summed E-state index contributed by atoms with van der Waals surface area (Å²) in [6.45, 7) is 9.42. The molecule has 0 bridgehead atoms. The number of aliphatic carboxylic acids is 1. The maximum absolute atomic E-state index is 10.7. The summed E-state index contributed by atoms with van der Waals surface area (Å²) in [5.74, 6) is -0.0106. The highest BCUT2D eigenvalue weighted by atomic mass is 28.4. The predicted octanol–water partition coefficient (Wildman–Crippen LogP) is 6.16. The fraction of sp³-hybridized carbons (Fsp3) is 0.857. The van der Waals surface area contributed by atoms with Gasteiger partial charge in [0.15, 0.2) is 8.32 Å². The van der Waals surface area contributed by atoms with E-state index in [-0.39, 0.29) is 6.42 Å². The fourth-order valence-corrected chi connectivity index (χ4v) is 8.22. The summed E-state index contributed by atoms with van der Waals surface area (Å²) in [5.41, 5.74) is 1.88. The van der Waals surface area contributed by atoms with Gasteiger partial charge in [0.1, 0.15) is 0 Å². The van der Waals surface area contributed by atoms with Gasteiger partial charge in [0.2, 0.25) is 0 Å². The molecule has 3 nitrogen and oxygen atoms in total. The van der Waals surface area contributed by atoms with E-state index in [0.29, 0.717) is 17.4 Å². The van der Waals surface area contributed by atoms with Crippen molar-refractivity contribution in [2.75, 3.05) is 0 Å². The van der Waals surface area contributed by atoms with Crippen LogP contribution in [0.15, 0.2) is 11.6 Å². The van der Waals surface area contributed by atoms with Crippen LogP contribution in [0.4, 0.5) is 0 Å². The molecular weight excluding hydrogens is 328 g/mol. The zero-order valence-corrected chi connectivity index (χ0v) is 17.8. The molecule has 4 heteroatoms. The number of carboxylic acid groups (broad SMARTS) is 1. The van der Waals surface area contributed by atoms with Crippen molar-refractivity contribution >= 4 is 14.3 Å². The van der Waals surface area contributed by atoms with Crippen LogP contribution < -0.4 is 0 Å². The summed E-state index contributed by atoms with van der Waals surface area (Å²) in [6.07, 6.45) is 11.0. The topological polar surface area (TPSA) is 46.5 Å². The Morgan fingerprint density at radius 3 is 2.56 bits per heavy atom. The molecular formula is C21H38O3Si. The molecule has 1 N–H and O–H groups in total. The maximum atomic E-state index is 10.7. The Morgan fingerprint density at radius 2 is 1.96 bits per heavy atom. The first kappa shape index (κ1) is 20.7. The number of carboxylic acids is 1. The van der Waals surface area contributed by atoms with Crippen molar-refractivity contribution in [3.05, 3.63) is 11.6 Å². The second-order valence-electron chi connectivity index (χ2n) is 8.37. The van der Waals surface area contributed by atoms with Gasteiger partial charge in [-0.05, 0) is 68.0 Å². The van der Waals surface area contributed by atoms with E-state index in [1.165, 1.54) is 50.2 Å². The molecule has 2 aliphatic rings. The highest BCUT2D eigenvalue weighted by Crippen LogP contribution is 2.56. The van der Waals surface area contributed by atoms with Crippen molar-refractivity contribution in [3.63, 3.8) is 0 Å². The van der Waals surface area contributed by atoms with Gasteiger partial charge < -0.3 is 9.53 Å².